The second kappa shape index (κ2) is 5.12. The zero-order chi connectivity index (χ0) is 12.7. The van der Waals surface area contributed by atoms with E-state index >= 15 is 0 Å². The standard InChI is InChI=1S/C14H17BrClNO/c15-12-7-9(16)6-11-10(12)8-13(18)14(11)17-4-2-1-3-5-17/h6-7,13-14,18H,1-5,8H2/t13-,14-/m1/s1. The third-order valence-corrected chi connectivity index (χ3v) is 5.00. The van der Waals surface area contributed by atoms with Crippen LogP contribution < -0.4 is 0 Å². The quantitative estimate of drug-likeness (QED) is 0.851. The molecule has 98 valence electrons. The molecule has 1 N–H and O–H groups in total. The molecule has 1 saturated heterocycles. The van der Waals surface area contributed by atoms with Gasteiger partial charge in [0.1, 0.15) is 0 Å². The third kappa shape index (κ3) is 2.22. The van der Waals surface area contributed by atoms with E-state index in [2.05, 4.69) is 20.8 Å². The summed E-state index contributed by atoms with van der Waals surface area (Å²) in [5, 5.41) is 11.1. The van der Waals surface area contributed by atoms with Crippen LogP contribution in [0.1, 0.15) is 36.4 Å². The summed E-state index contributed by atoms with van der Waals surface area (Å²) in [7, 11) is 0. The zero-order valence-electron chi connectivity index (χ0n) is 10.2. The molecule has 0 saturated carbocycles. The average Bonchev–Trinajstić information content (AvgIpc) is 2.67. The van der Waals surface area contributed by atoms with Crippen LogP contribution in [0.25, 0.3) is 0 Å². The Bertz CT molecular complexity index is 459. The first-order chi connectivity index (χ1) is 8.66. The van der Waals surface area contributed by atoms with Gasteiger partial charge >= 0.3 is 0 Å². The maximum atomic E-state index is 10.4. The number of rotatable bonds is 1. The van der Waals surface area contributed by atoms with Crippen LogP contribution >= 0.6 is 27.5 Å². The van der Waals surface area contributed by atoms with E-state index in [9.17, 15) is 5.11 Å². The van der Waals surface area contributed by atoms with Crippen LogP contribution in [0.4, 0.5) is 0 Å². The Balaban J connectivity index is 1.97. The van der Waals surface area contributed by atoms with E-state index in [1.165, 1.54) is 30.4 Å². The van der Waals surface area contributed by atoms with E-state index in [0.29, 0.717) is 0 Å². The number of nitrogens with zero attached hydrogens (tertiary/aromatic N) is 1. The van der Waals surface area contributed by atoms with Gasteiger partial charge in [0, 0.05) is 15.9 Å². The molecule has 0 bridgehead atoms. The number of hydrogen-bond acceptors (Lipinski definition) is 2. The Morgan fingerprint density at radius 2 is 1.94 bits per heavy atom. The van der Waals surface area contributed by atoms with Crippen LogP contribution in [0, 0.1) is 0 Å². The fraction of sp³-hybridized carbons (Fsp3) is 0.571. The highest BCUT2D eigenvalue weighted by Crippen LogP contribution is 2.42. The van der Waals surface area contributed by atoms with E-state index in [1.54, 1.807) is 0 Å². The first-order valence-electron chi connectivity index (χ1n) is 6.57. The van der Waals surface area contributed by atoms with Gasteiger partial charge in [0.15, 0.2) is 0 Å². The van der Waals surface area contributed by atoms with E-state index in [-0.39, 0.29) is 12.1 Å². The molecule has 4 heteroatoms. The van der Waals surface area contributed by atoms with E-state index in [1.807, 2.05) is 12.1 Å². The number of aliphatic hydroxyl groups excluding tert-OH is 1. The molecule has 0 unspecified atom stereocenters. The largest absolute Gasteiger partial charge is 0.391 e. The van der Waals surface area contributed by atoms with Gasteiger partial charge in [-0.05, 0) is 49.2 Å². The topological polar surface area (TPSA) is 23.5 Å². The van der Waals surface area contributed by atoms with Gasteiger partial charge in [0.05, 0.1) is 12.1 Å². The van der Waals surface area contributed by atoms with Gasteiger partial charge in [-0.2, -0.15) is 0 Å². The molecule has 1 fully saturated rings. The van der Waals surface area contributed by atoms with Gasteiger partial charge in [-0.3, -0.25) is 4.90 Å². The lowest BCUT2D eigenvalue weighted by molar-refractivity contribution is 0.0496. The molecule has 0 radical (unpaired) electrons. The highest BCUT2D eigenvalue weighted by molar-refractivity contribution is 9.10. The fourth-order valence-corrected chi connectivity index (χ4v) is 4.26. The van der Waals surface area contributed by atoms with E-state index in [4.69, 9.17) is 11.6 Å². The first kappa shape index (κ1) is 12.9. The highest BCUT2D eigenvalue weighted by atomic mass is 79.9. The maximum Gasteiger partial charge on any atom is 0.0777 e. The Morgan fingerprint density at radius 1 is 1.22 bits per heavy atom. The van der Waals surface area contributed by atoms with Gasteiger partial charge in [0.25, 0.3) is 0 Å². The predicted molar refractivity (Wildman–Crippen MR) is 77.0 cm³/mol. The molecule has 2 nitrogen and oxygen atoms in total. The normalized spacial score (nSPS) is 28.4. The summed E-state index contributed by atoms with van der Waals surface area (Å²) in [6.07, 6.45) is 4.22. The van der Waals surface area contributed by atoms with Gasteiger partial charge in [-0.15, -0.1) is 0 Å². The third-order valence-electron chi connectivity index (χ3n) is 4.08. The lowest BCUT2D eigenvalue weighted by Crippen LogP contribution is -2.37. The smallest absolute Gasteiger partial charge is 0.0777 e. The van der Waals surface area contributed by atoms with Crippen molar-refractivity contribution in [3.63, 3.8) is 0 Å². The lowest BCUT2D eigenvalue weighted by Gasteiger charge is -2.34. The summed E-state index contributed by atoms with van der Waals surface area (Å²) in [4.78, 5) is 2.42. The number of likely N-dealkylation sites (tertiary alicyclic amines) is 1. The van der Waals surface area contributed by atoms with Crippen molar-refractivity contribution in [2.75, 3.05) is 13.1 Å². The zero-order valence-corrected chi connectivity index (χ0v) is 12.5. The molecule has 0 aromatic heterocycles. The molecular weight excluding hydrogens is 314 g/mol. The summed E-state index contributed by atoms with van der Waals surface area (Å²) in [5.74, 6) is 0. The second-order valence-corrected chi connectivity index (χ2v) is 6.56. The van der Waals surface area contributed by atoms with Gasteiger partial charge < -0.3 is 5.11 Å². The molecular formula is C14H17BrClNO. The minimum absolute atomic E-state index is 0.135. The van der Waals surface area contributed by atoms with E-state index < -0.39 is 0 Å². The van der Waals surface area contributed by atoms with Gasteiger partial charge in [0.2, 0.25) is 0 Å². The maximum absolute atomic E-state index is 10.4. The molecule has 2 aliphatic rings. The van der Waals surface area contributed by atoms with Crippen molar-refractivity contribution in [3.05, 3.63) is 32.8 Å². The molecule has 3 rings (SSSR count). The fourth-order valence-electron chi connectivity index (χ4n) is 3.27. The number of halogens is 2. The van der Waals surface area contributed by atoms with Crippen LogP contribution in [-0.4, -0.2) is 29.2 Å². The second-order valence-electron chi connectivity index (χ2n) is 5.27. The van der Waals surface area contributed by atoms with Crippen LogP contribution in [0.2, 0.25) is 5.02 Å². The van der Waals surface area contributed by atoms with Crippen molar-refractivity contribution in [1.82, 2.24) is 4.90 Å². The number of aliphatic hydroxyl groups is 1. The van der Waals surface area contributed by atoms with Crippen LogP contribution in [0.15, 0.2) is 16.6 Å². The highest BCUT2D eigenvalue weighted by Gasteiger charge is 2.37. The summed E-state index contributed by atoms with van der Waals surface area (Å²) in [6, 6.07) is 4.08. The molecule has 18 heavy (non-hydrogen) atoms. The van der Waals surface area contributed by atoms with Crippen LogP contribution in [0.3, 0.4) is 0 Å². The lowest BCUT2D eigenvalue weighted by atomic mass is 10.0. The van der Waals surface area contributed by atoms with Crippen molar-refractivity contribution in [2.45, 2.75) is 37.8 Å². The van der Waals surface area contributed by atoms with Gasteiger partial charge in [-0.1, -0.05) is 34.0 Å². The Hall–Kier alpha value is -0.0900. The SMILES string of the molecule is O[C@@H]1Cc2c(Br)cc(Cl)cc2[C@H]1N1CCCCC1. The summed E-state index contributed by atoms with van der Waals surface area (Å²) >= 11 is 9.71. The first-order valence-corrected chi connectivity index (χ1v) is 7.74. The molecule has 1 aliphatic heterocycles. The van der Waals surface area contributed by atoms with E-state index in [0.717, 1.165) is 29.0 Å². The molecule has 1 heterocycles. The Morgan fingerprint density at radius 3 is 2.67 bits per heavy atom. The summed E-state index contributed by atoms with van der Waals surface area (Å²) < 4.78 is 1.03. The Labute approximate surface area is 121 Å². The average molecular weight is 331 g/mol. The van der Waals surface area contributed by atoms with Crippen molar-refractivity contribution in [2.24, 2.45) is 0 Å². The summed E-state index contributed by atoms with van der Waals surface area (Å²) in [6.45, 7) is 2.18. The number of fused-ring (bicyclic) bond motifs is 1. The molecule has 2 atom stereocenters. The minimum Gasteiger partial charge on any atom is -0.391 e. The van der Waals surface area contributed by atoms with Crippen LogP contribution in [0.5, 0.6) is 0 Å². The van der Waals surface area contributed by atoms with Gasteiger partial charge in [-0.25, -0.2) is 0 Å². The number of benzene rings is 1. The van der Waals surface area contributed by atoms with Crippen molar-refractivity contribution < 1.29 is 5.11 Å². The molecule has 0 spiro atoms. The molecule has 0 amide bonds. The number of piperidine rings is 1. The predicted octanol–water partition coefficient (Wildman–Crippen LogP) is 3.55. The van der Waals surface area contributed by atoms with Crippen molar-refractivity contribution in [3.8, 4) is 0 Å². The number of hydrogen-bond donors (Lipinski definition) is 1. The minimum atomic E-state index is -0.298. The summed E-state index contributed by atoms with van der Waals surface area (Å²) in [5.41, 5.74) is 2.44. The van der Waals surface area contributed by atoms with Crippen LogP contribution in [-0.2, 0) is 6.42 Å². The monoisotopic (exact) mass is 329 g/mol. The Kier molecular flexibility index (Phi) is 3.68. The molecule has 1 aliphatic carbocycles. The van der Waals surface area contributed by atoms with Crippen molar-refractivity contribution in [1.29, 1.82) is 0 Å². The molecule has 1 aromatic carbocycles. The van der Waals surface area contributed by atoms with Crippen molar-refractivity contribution >= 4 is 27.5 Å². The molecule has 1 aromatic rings.